The van der Waals surface area contributed by atoms with Crippen LogP contribution in [0.1, 0.15) is 10.5 Å². The third kappa shape index (κ3) is 2.52. The number of benzene rings is 1. The molecule has 3 rings (SSSR count). The number of hydrogen-bond acceptors (Lipinski definition) is 5. The monoisotopic (exact) mass is 285 g/mol. The van der Waals surface area contributed by atoms with Crippen LogP contribution in [0.4, 0.5) is 10.8 Å². The predicted molar refractivity (Wildman–Crippen MR) is 78.0 cm³/mol. The Hall–Kier alpha value is -2.67. The number of thiazole rings is 1. The zero-order valence-electron chi connectivity index (χ0n) is 10.4. The van der Waals surface area contributed by atoms with Gasteiger partial charge in [-0.25, -0.2) is 9.97 Å². The van der Waals surface area contributed by atoms with Crippen molar-refractivity contribution in [3.63, 3.8) is 0 Å². The Morgan fingerprint density at radius 2 is 2.30 bits per heavy atom. The van der Waals surface area contributed by atoms with Gasteiger partial charge in [-0.15, -0.1) is 11.3 Å². The fourth-order valence-corrected chi connectivity index (χ4v) is 2.29. The Morgan fingerprint density at radius 1 is 1.40 bits per heavy atom. The van der Waals surface area contributed by atoms with E-state index in [0.29, 0.717) is 16.5 Å². The lowest BCUT2D eigenvalue weighted by atomic mass is 10.2. The Balaban J connectivity index is 1.81. The molecule has 0 aliphatic carbocycles. The molecule has 20 heavy (non-hydrogen) atoms. The fraction of sp³-hybridized carbons (Fsp3) is 0. The van der Waals surface area contributed by atoms with E-state index in [4.69, 9.17) is 5.73 Å². The van der Waals surface area contributed by atoms with E-state index in [1.807, 2.05) is 35.0 Å². The van der Waals surface area contributed by atoms with Crippen LogP contribution in [0.25, 0.3) is 5.69 Å². The molecule has 3 N–H and O–H groups in total. The van der Waals surface area contributed by atoms with E-state index >= 15 is 0 Å². The fourth-order valence-electron chi connectivity index (χ4n) is 1.74. The summed E-state index contributed by atoms with van der Waals surface area (Å²) in [7, 11) is 0. The molecule has 0 aliphatic rings. The minimum absolute atomic E-state index is 0.277. The van der Waals surface area contributed by atoms with Gasteiger partial charge in [-0.2, -0.15) is 0 Å². The quantitative estimate of drug-likeness (QED) is 0.772. The van der Waals surface area contributed by atoms with Gasteiger partial charge in [0.05, 0.1) is 6.33 Å². The maximum Gasteiger partial charge on any atom is 0.275 e. The summed E-state index contributed by atoms with van der Waals surface area (Å²) in [5.74, 6) is -0.277. The standard InChI is InChI=1S/C13H11N5OS/c14-13-17-11(7-20-13)12(19)16-9-2-1-3-10(6-9)18-5-4-15-8-18/h1-8H,(H2,14,17)(H,16,19). The second-order valence-electron chi connectivity index (χ2n) is 4.05. The summed E-state index contributed by atoms with van der Waals surface area (Å²) in [4.78, 5) is 19.9. The van der Waals surface area contributed by atoms with Crippen molar-refractivity contribution in [2.24, 2.45) is 0 Å². The first kappa shape index (κ1) is 12.4. The van der Waals surface area contributed by atoms with Crippen molar-refractivity contribution in [2.75, 3.05) is 11.1 Å². The molecule has 3 aromatic rings. The van der Waals surface area contributed by atoms with Gasteiger partial charge in [0.1, 0.15) is 5.69 Å². The number of aromatic nitrogens is 3. The molecule has 0 atom stereocenters. The van der Waals surface area contributed by atoms with Crippen LogP contribution in [0.15, 0.2) is 48.4 Å². The zero-order valence-corrected chi connectivity index (χ0v) is 11.2. The predicted octanol–water partition coefficient (Wildman–Crippen LogP) is 2.16. The first-order chi connectivity index (χ1) is 9.72. The van der Waals surface area contributed by atoms with Crippen LogP contribution >= 0.6 is 11.3 Å². The minimum atomic E-state index is -0.277. The normalized spacial score (nSPS) is 10.4. The molecule has 0 radical (unpaired) electrons. The van der Waals surface area contributed by atoms with Crippen LogP contribution in [-0.2, 0) is 0 Å². The van der Waals surface area contributed by atoms with Gasteiger partial charge in [0.25, 0.3) is 5.91 Å². The molecule has 1 amide bonds. The number of carbonyl (C=O) groups is 1. The molecule has 100 valence electrons. The Kier molecular flexibility index (Phi) is 3.18. The molecule has 0 bridgehead atoms. The van der Waals surface area contributed by atoms with E-state index in [1.165, 1.54) is 11.3 Å². The number of nitrogen functional groups attached to an aromatic ring is 1. The van der Waals surface area contributed by atoms with Gasteiger partial charge in [0.2, 0.25) is 0 Å². The number of nitrogens with two attached hydrogens (primary N) is 1. The van der Waals surface area contributed by atoms with Gasteiger partial charge < -0.3 is 15.6 Å². The summed E-state index contributed by atoms with van der Waals surface area (Å²) in [6, 6.07) is 7.46. The number of amides is 1. The summed E-state index contributed by atoms with van der Waals surface area (Å²) in [6.07, 6.45) is 5.23. The molecule has 2 heterocycles. The van der Waals surface area contributed by atoms with Crippen molar-refractivity contribution in [1.29, 1.82) is 0 Å². The number of hydrogen-bond donors (Lipinski definition) is 2. The molecule has 6 nitrogen and oxygen atoms in total. The summed E-state index contributed by atoms with van der Waals surface area (Å²) in [5.41, 5.74) is 7.44. The van der Waals surface area contributed by atoms with Crippen molar-refractivity contribution in [2.45, 2.75) is 0 Å². The number of nitrogens with zero attached hydrogens (tertiary/aromatic N) is 3. The number of anilines is 2. The highest BCUT2D eigenvalue weighted by Gasteiger charge is 2.10. The largest absolute Gasteiger partial charge is 0.375 e. The van der Waals surface area contributed by atoms with E-state index in [2.05, 4.69) is 15.3 Å². The maximum atomic E-state index is 12.0. The van der Waals surface area contributed by atoms with Crippen LogP contribution in [-0.4, -0.2) is 20.4 Å². The van der Waals surface area contributed by atoms with E-state index in [9.17, 15) is 4.79 Å². The second kappa shape index (κ2) is 5.14. The summed E-state index contributed by atoms with van der Waals surface area (Å²) >= 11 is 1.24. The lowest BCUT2D eigenvalue weighted by Gasteiger charge is -2.06. The molecule has 0 spiro atoms. The van der Waals surface area contributed by atoms with E-state index in [0.717, 1.165) is 5.69 Å². The van der Waals surface area contributed by atoms with Gasteiger partial charge in [-0.1, -0.05) is 6.07 Å². The molecular formula is C13H11N5OS. The number of imidazole rings is 1. The third-order valence-electron chi connectivity index (χ3n) is 2.66. The third-order valence-corrected chi connectivity index (χ3v) is 3.34. The molecule has 0 aliphatic heterocycles. The lowest BCUT2D eigenvalue weighted by Crippen LogP contribution is -2.12. The Labute approximate surface area is 118 Å². The molecular weight excluding hydrogens is 274 g/mol. The highest BCUT2D eigenvalue weighted by atomic mass is 32.1. The first-order valence-electron chi connectivity index (χ1n) is 5.83. The van der Waals surface area contributed by atoms with Crippen LogP contribution in [0.2, 0.25) is 0 Å². The van der Waals surface area contributed by atoms with Gasteiger partial charge in [-0.3, -0.25) is 4.79 Å². The molecule has 0 fully saturated rings. The van der Waals surface area contributed by atoms with Crippen molar-refractivity contribution < 1.29 is 4.79 Å². The van der Waals surface area contributed by atoms with Crippen LogP contribution in [0.3, 0.4) is 0 Å². The summed E-state index contributed by atoms with van der Waals surface area (Å²) < 4.78 is 1.86. The van der Waals surface area contributed by atoms with Crippen molar-refractivity contribution >= 4 is 28.1 Å². The summed E-state index contributed by atoms with van der Waals surface area (Å²) in [6.45, 7) is 0. The van der Waals surface area contributed by atoms with Crippen LogP contribution < -0.4 is 11.1 Å². The first-order valence-corrected chi connectivity index (χ1v) is 6.71. The SMILES string of the molecule is Nc1nc(C(=O)Nc2cccc(-n3ccnc3)c2)cs1. The lowest BCUT2D eigenvalue weighted by molar-refractivity contribution is 0.102. The van der Waals surface area contributed by atoms with Gasteiger partial charge in [0.15, 0.2) is 5.13 Å². The highest BCUT2D eigenvalue weighted by molar-refractivity contribution is 7.13. The molecule has 0 unspecified atom stereocenters. The van der Waals surface area contributed by atoms with E-state index < -0.39 is 0 Å². The van der Waals surface area contributed by atoms with Gasteiger partial charge >= 0.3 is 0 Å². The number of rotatable bonds is 3. The summed E-state index contributed by atoms with van der Waals surface area (Å²) in [5, 5.41) is 4.80. The second-order valence-corrected chi connectivity index (χ2v) is 4.94. The smallest absolute Gasteiger partial charge is 0.275 e. The minimum Gasteiger partial charge on any atom is -0.375 e. The maximum absolute atomic E-state index is 12.0. The van der Waals surface area contributed by atoms with Gasteiger partial charge in [0, 0.05) is 29.1 Å². The zero-order chi connectivity index (χ0) is 13.9. The van der Waals surface area contributed by atoms with E-state index in [-0.39, 0.29) is 5.91 Å². The molecule has 7 heteroatoms. The van der Waals surface area contributed by atoms with Crippen molar-refractivity contribution in [1.82, 2.24) is 14.5 Å². The number of carbonyl (C=O) groups excluding carboxylic acids is 1. The Bertz CT molecular complexity index is 735. The average molecular weight is 285 g/mol. The molecule has 0 saturated carbocycles. The molecule has 1 aromatic carbocycles. The van der Waals surface area contributed by atoms with Crippen molar-refractivity contribution in [3.8, 4) is 5.69 Å². The van der Waals surface area contributed by atoms with E-state index in [1.54, 1.807) is 17.9 Å². The number of nitrogens with one attached hydrogen (secondary N) is 1. The Morgan fingerprint density at radius 3 is 3.00 bits per heavy atom. The van der Waals surface area contributed by atoms with Gasteiger partial charge in [-0.05, 0) is 18.2 Å². The highest BCUT2D eigenvalue weighted by Crippen LogP contribution is 2.17. The molecule has 2 aromatic heterocycles. The topological polar surface area (TPSA) is 85.8 Å². The van der Waals surface area contributed by atoms with Crippen LogP contribution in [0.5, 0.6) is 0 Å². The molecule has 0 saturated heterocycles. The van der Waals surface area contributed by atoms with Crippen LogP contribution in [0, 0.1) is 0 Å². The van der Waals surface area contributed by atoms with Crippen molar-refractivity contribution in [3.05, 3.63) is 54.1 Å². The average Bonchev–Trinajstić information content (AvgIpc) is 3.10.